The first kappa shape index (κ1) is 39.9. The third-order valence-corrected chi connectivity index (χ3v) is 14.8. The highest BCUT2D eigenvalue weighted by atomic mass is 15.0. The van der Waals surface area contributed by atoms with Crippen LogP contribution in [0.2, 0.25) is 0 Å². The molecule has 3 aliphatic rings. The van der Waals surface area contributed by atoms with Gasteiger partial charge in [-0.15, -0.1) is 0 Å². The predicted molar refractivity (Wildman–Crippen MR) is 268 cm³/mol. The minimum absolute atomic E-state index is 0.00283. The lowest BCUT2D eigenvalue weighted by Gasteiger charge is -2.41. The van der Waals surface area contributed by atoms with E-state index in [1.54, 1.807) is 0 Å². The second-order valence-electron chi connectivity index (χ2n) is 19.3. The van der Waals surface area contributed by atoms with E-state index < -0.39 is 0 Å². The normalized spacial score (nSPS) is 16.7. The summed E-state index contributed by atoms with van der Waals surface area (Å²) in [6.45, 7) is 21.0. The van der Waals surface area contributed by atoms with Crippen molar-refractivity contribution in [3.05, 3.63) is 191 Å². The Morgan fingerprint density at radius 2 is 1.16 bits per heavy atom. The largest absolute Gasteiger partial charge is 0.309 e. The third kappa shape index (κ3) is 6.11. The van der Waals surface area contributed by atoms with Gasteiger partial charge in [-0.1, -0.05) is 170 Å². The molecule has 1 unspecified atom stereocenters. The van der Waals surface area contributed by atoms with E-state index in [1.807, 2.05) is 0 Å². The second kappa shape index (κ2) is 15.0. The second-order valence-corrected chi connectivity index (χ2v) is 19.3. The van der Waals surface area contributed by atoms with Gasteiger partial charge in [-0.25, -0.2) is 0 Å². The van der Waals surface area contributed by atoms with E-state index in [0.717, 1.165) is 12.8 Å². The van der Waals surface area contributed by atoms with Crippen LogP contribution in [0.3, 0.4) is 0 Å². The summed E-state index contributed by atoms with van der Waals surface area (Å²) in [6, 6.07) is 53.3. The van der Waals surface area contributed by atoms with Gasteiger partial charge in [0.1, 0.15) is 0 Å². The molecule has 0 saturated heterocycles. The van der Waals surface area contributed by atoms with E-state index in [9.17, 15) is 0 Å². The Labute approximate surface area is 369 Å². The Hall–Kier alpha value is -6.18. The van der Waals surface area contributed by atoms with Gasteiger partial charge in [0.2, 0.25) is 0 Å². The zero-order valence-electron chi connectivity index (χ0n) is 38.1. The van der Waals surface area contributed by atoms with Crippen LogP contribution in [0.1, 0.15) is 114 Å². The molecule has 0 aliphatic heterocycles. The van der Waals surface area contributed by atoms with Gasteiger partial charge in [0.25, 0.3) is 0 Å². The van der Waals surface area contributed by atoms with Crippen molar-refractivity contribution in [1.29, 1.82) is 0 Å². The van der Waals surface area contributed by atoms with Gasteiger partial charge in [-0.3, -0.25) is 0 Å². The number of benzene rings is 7. The number of hydrogen-bond acceptors (Lipinski definition) is 0. The number of rotatable bonds is 4. The van der Waals surface area contributed by atoms with Gasteiger partial charge in [0, 0.05) is 21.9 Å². The van der Waals surface area contributed by atoms with Crippen LogP contribution in [0, 0.1) is 6.92 Å². The van der Waals surface area contributed by atoms with Gasteiger partial charge in [-0.05, 0) is 163 Å². The lowest BCUT2D eigenvalue weighted by Crippen LogP contribution is -2.30. The summed E-state index contributed by atoms with van der Waals surface area (Å²) in [6.07, 6.45) is 8.10. The molecular formula is C61H59N. The quantitative estimate of drug-likeness (QED) is 0.167. The van der Waals surface area contributed by atoms with Crippen LogP contribution in [0.5, 0.6) is 0 Å². The van der Waals surface area contributed by atoms with Gasteiger partial charge in [0.05, 0.1) is 11.0 Å². The average Bonchev–Trinajstić information content (AvgIpc) is 3.73. The molecular weight excluding hydrogens is 747 g/mol. The highest BCUT2D eigenvalue weighted by molar-refractivity contribution is 6.12. The van der Waals surface area contributed by atoms with Crippen molar-refractivity contribution in [2.45, 2.75) is 98.3 Å². The Morgan fingerprint density at radius 3 is 1.87 bits per heavy atom. The monoisotopic (exact) mass is 805 g/mol. The van der Waals surface area contributed by atoms with E-state index in [1.165, 1.54) is 123 Å². The van der Waals surface area contributed by atoms with E-state index >= 15 is 0 Å². The van der Waals surface area contributed by atoms with Crippen molar-refractivity contribution in [3.63, 3.8) is 0 Å². The standard InChI is InChI=1S/C58H51N.C3H8/c1-35-15-11-12-18-43(35)44-27-28-52-56(36(44)2)47-25-21-40(31-48(47)37(3)57(52,4)5)41-23-30-55-50(33-41)49-32-39(38-16-9-8-10-17-38)22-29-54(49)59(55)42-24-26-46-45-19-13-14-20-51(45)58(6,7)53(46)34-42;1-3-2/h8-11,13-17,19-34,37H,12,18H2,1-7H3;3H2,1-2H3. The minimum Gasteiger partial charge on any atom is -0.309 e. The zero-order chi connectivity index (χ0) is 43.1. The van der Waals surface area contributed by atoms with Crippen molar-refractivity contribution in [2.24, 2.45) is 0 Å². The van der Waals surface area contributed by atoms with Crippen molar-refractivity contribution in [1.82, 2.24) is 4.57 Å². The van der Waals surface area contributed by atoms with E-state index in [0.29, 0.717) is 5.92 Å². The fraction of sp³-hybridized carbons (Fsp3) is 0.246. The molecule has 0 radical (unpaired) electrons. The molecule has 0 N–H and O–H groups in total. The number of nitrogens with zero attached hydrogens (tertiary/aromatic N) is 1. The predicted octanol–water partition coefficient (Wildman–Crippen LogP) is 17.3. The first-order valence-corrected chi connectivity index (χ1v) is 23.0. The first-order valence-electron chi connectivity index (χ1n) is 23.0. The molecule has 0 saturated carbocycles. The first-order chi connectivity index (χ1) is 29.9. The van der Waals surface area contributed by atoms with Crippen LogP contribution < -0.4 is 0 Å². The molecule has 0 fully saturated rings. The van der Waals surface area contributed by atoms with Gasteiger partial charge >= 0.3 is 0 Å². The summed E-state index contributed by atoms with van der Waals surface area (Å²) in [4.78, 5) is 0. The number of hydrogen-bond donors (Lipinski definition) is 0. The molecule has 0 bridgehead atoms. The molecule has 8 aromatic rings. The summed E-state index contributed by atoms with van der Waals surface area (Å²) in [5.74, 6) is 0.364. The maximum Gasteiger partial charge on any atom is 0.0541 e. The molecule has 7 aromatic carbocycles. The molecule has 1 heterocycles. The SMILES string of the molecule is CC1=C(c2ccc3c(c2C)-c2ccc(-c4ccc5c(c4)c4cc(-c6ccccc6)ccc4n5-c4ccc5c(c4)C(C)(C)c4ccccc4-5)cc2C(C)C3(C)C)CCC=C1.CCC. The molecule has 0 spiro atoms. The molecule has 1 heteroatoms. The average molecular weight is 806 g/mol. The Balaban J connectivity index is 0.00000149. The van der Waals surface area contributed by atoms with Gasteiger partial charge in [-0.2, -0.15) is 0 Å². The van der Waals surface area contributed by atoms with E-state index in [4.69, 9.17) is 0 Å². The summed E-state index contributed by atoms with van der Waals surface area (Å²) >= 11 is 0. The smallest absolute Gasteiger partial charge is 0.0541 e. The highest BCUT2D eigenvalue weighted by Crippen LogP contribution is 2.54. The lowest BCUT2D eigenvalue weighted by molar-refractivity contribution is 0.431. The molecule has 1 aromatic heterocycles. The summed E-state index contributed by atoms with van der Waals surface area (Å²) in [5, 5.41) is 2.55. The fourth-order valence-corrected chi connectivity index (χ4v) is 11.1. The van der Waals surface area contributed by atoms with Gasteiger partial charge in [0.15, 0.2) is 0 Å². The minimum atomic E-state index is -0.0729. The van der Waals surface area contributed by atoms with Crippen LogP contribution in [-0.4, -0.2) is 4.57 Å². The Morgan fingerprint density at radius 1 is 0.565 bits per heavy atom. The summed E-state index contributed by atoms with van der Waals surface area (Å²) in [7, 11) is 0. The Bertz CT molecular complexity index is 3140. The molecule has 0 amide bonds. The van der Waals surface area contributed by atoms with Crippen molar-refractivity contribution in [3.8, 4) is 50.2 Å². The Kier molecular flexibility index (Phi) is 9.67. The van der Waals surface area contributed by atoms with Crippen LogP contribution in [0.4, 0.5) is 0 Å². The van der Waals surface area contributed by atoms with Crippen molar-refractivity contribution >= 4 is 27.4 Å². The van der Waals surface area contributed by atoms with Crippen LogP contribution in [-0.2, 0) is 10.8 Å². The molecule has 308 valence electrons. The molecule has 11 rings (SSSR count). The third-order valence-electron chi connectivity index (χ3n) is 14.8. The molecule has 1 nitrogen and oxygen atoms in total. The van der Waals surface area contributed by atoms with E-state index in [2.05, 4.69) is 219 Å². The molecule has 3 aliphatic carbocycles. The number of aromatic nitrogens is 1. The van der Waals surface area contributed by atoms with Crippen LogP contribution in [0.25, 0.3) is 77.6 Å². The maximum atomic E-state index is 2.51. The number of fused-ring (bicyclic) bond motifs is 9. The lowest BCUT2D eigenvalue weighted by atomic mass is 9.62. The summed E-state index contributed by atoms with van der Waals surface area (Å²) < 4.78 is 2.50. The maximum absolute atomic E-state index is 2.51. The fourth-order valence-electron chi connectivity index (χ4n) is 11.1. The van der Waals surface area contributed by atoms with Crippen molar-refractivity contribution < 1.29 is 0 Å². The highest BCUT2D eigenvalue weighted by Gasteiger charge is 2.39. The molecule has 62 heavy (non-hydrogen) atoms. The summed E-state index contributed by atoms with van der Waals surface area (Å²) in [5.41, 5.74) is 25.6. The van der Waals surface area contributed by atoms with Crippen LogP contribution in [0.15, 0.2) is 157 Å². The zero-order valence-corrected chi connectivity index (χ0v) is 38.1. The van der Waals surface area contributed by atoms with Gasteiger partial charge < -0.3 is 4.57 Å². The topological polar surface area (TPSA) is 4.93 Å². The molecule has 1 atom stereocenters. The van der Waals surface area contributed by atoms with E-state index in [-0.39, 0.29) is 10.8 Å². The van der Waals surface area contributed by atoms with Crippen molar-refractivity contribution in [2.75, 3.05) is 0 Å². The van der Waals surface area contributed by atoms with Crippen LogP contribution >= 0.6 is 0 Å². The number of allylic oxidation sites excluding steroid dienone is 4.